The first kappa shape index (κ1) is 19.0. The van der Waals surface area contributed by atoms with Crippen molar-refractivity contribution in [2.75, 3.05) is 11.9 Å². The molecule has 1 saturated carbocycles. The van der Waals surface area contributed by atoms with E-state index in [1.807, 2.05) is 12.1 Å². The van der Waals surface area contributed by atoms with Gasteiger partial charge in [0.05, 0.1) is 0 Å². The van der Waals surface area contributed by atoms with Crippen LogP contribution < -0.4 is 11.1 Å². The standard InChI is InChI=1S/C21H34N2O/c1-2-3-6-17-8-12-19(13-9-17)21(24)23-20-14-10-18(11-15-20)7-4-5-16-22/h10-11,14-15,17,19H,2-9,12-13,16,22H2,1H3,(H,23,24). The lowest BCUT2D eigenvalue weighted by atomic mass is 9.79. The van der Waals surface area contributed by atoms with E-state index in [0.717, 1.165) is 50.3 Å². The maximum absolute atomic E-state index is 12.5. The number of nitrogens with one attached hydrogen (secondary N) is 1. The summed E-state index contributed by atoms with van der Waals surface area (Å²) < 4.78 is 0. The molecule has 0 radical (unpaired) electrons. The fourth-order valence-electron chi connectivity index (χ4n) is 3.68. The normalized spacial score (nSPS) is 20.8. The highest BCUT2D eigenvalue weighted by Gasteiger charge is 2.25. The first-order valence-corrected chi connectivity index (χ1v) is 9.82. The third kappa shape index (κ3) is 6.27. The molecule has 2 rings (SSSR count). The Morgan fingerprint density at radius 2 is 1.79 bits per heavy atom. The molecule has 3 N–H and O–H groups in total. The molecule has 0 heterocycles. The Kier molecular flexibility index (Phi) is 8.31. The molecule has 1 aliphatic rings. The molecule has 0 aromatic heterocycles. The first-order chi connectivity index (χ1) is 11.7. The van der Waals surface area contributed by atoms with Crippen molar-refractivity contribution < 1.29 is 4.79 Å². The van der Waals surface area contributed by atoms with Gasteiger partial charge in [-0.3, -0.25) is 4.79 Å². The van der Waals surface area contributed by atoms with E-state index < -0.39 is 0 Å². The average Bonchev–Trinajstić information content (AvgIpc) is 2.62. The summed E-state index contributed by atoms with van der Waals surface area (Å²) in [6.07, 6.45) is 11.8. The largest absolute Gasteiger partial charge is 0.330 e. The van der Waals surface area contributed by atoms with Crippen molar-refractivity contribution in [2.45, 2.75) is 71.1 Å². The molecule has 0 unspecified atom stereocenters. The van der Waals surface area contributed by atoms with Gasteiger partial charge in [-0.25, -0.2) is 0 Å². The Morgan fingerprint density at radius 1 is 1.08 bits per heavy atom. The Labute approximate surface area is 147 Å². The molecule has 3 heteroatoms. The molecule has 1 aliphatic carbocycles. The van der Waals surface area contributed by atoms with Crippen molar-refractivity contribution in [1.29, 1.82) is 0 Å². The second kappa shape index (κ2) is 10.5. The summed E-state index contributed by atoms with van der Waals surface area (Å²) in [5, 5.41) is 3.11. The summed E-state index contributed by atoms with van der Waals surface area (Å²) in [6.45, 7) is 3.01. The van der Waals surface area contributed by atoms with E-state index in [9.17, 15) is 4.79 Å². The van der Waals surface area contributed by atoms with Crippen LogP contribution in [0.2, 0.25) is 0 Å². The number of unbranched alkanes of at least 4 members (excludes halogenated alkanes) is 2. The van der Waals surface area contributed by atoms with Crippen molar-refractivity contribution in [1.82, 2.24) is 0 Å². The quantitative estimate of drug-likeness (QED) is 0.633. The summed E-state index contributed by atoms with van der Waals surface area (Å²) in [5.74, 6) is 1.26. The van der Waals surface area contributed by atoms with E-state index in [1.54, 1.807) is 0 Å². The summed E-state index contributed by atoms with van der Waals surface area (Å²) in [4.78, 5) is 12.5. The van der Waals surface area contributed by atoms with Gasteiger partial charge in [0, 0.05) is 11.6 Å². The summed E-state index contributed by atoms with van der Waals surface area (Å²) in [6, 6.07) is 8.30. The Balaban J connectivity index is 1.74. The lowest BCUT2D eigenvalue weighted by molar-refractivity contribution is -0.121. The number of hydrogen-bond acceptors (Lipinski definition) is 2. The topological polar surface area (TPSA) is 55.1 Å². The summed E-state index contributed by atoms with van der Waals surface area (Å²) in [7, 11) is 0. The van der Waals surface area contributed by atoms with Crippen molar-refractivity contribution in [3.05, 3.63) is 29.8 Å². The Morgan fingerprint density at radius 3 is 2.42 bits per heavy atom. The van der Waals surface area contributed by atoms with E-state index in [2.05, 4.69) is 24.4 Å². The van der Waals surface area contributed by atoms with Crippen LogP contribution in [0.25, 0.3) is 0 Å². The van der Waals surface area contributed by atoms with Gasteiger partial charge in [0.2, 0.25) is 5.91 Å². The molecule has 1 amide bonds. The minimum Gasteiger partial charge on any atom is -0.330 e. The van der Waals surface area contributed by atoms with Gasteiger partial charge >= 0.3 is 0 Å². The van der Waals surface area contributed by atoms with Crippen LogP contribution in [0.3, 0.4) is 0 Å². The fourth-order valence-corrected chi connectivity index (χ4v) is 3.68. The van der Waals surface area contributed by atoms with Gasteiger partial charge in [-0.15, -0.1) is 0 Å². The van der Waals surface area contributed by atoms with Crippen molar-refractivity contribution in [2.24, 2.45) is 17.6 Å². The van der Waals surface area contributed by atoms with Crippen LogP contribution in [0.5, 0.6) is 0 Å². The number of anilines is 1. The van der Waals surface area contributed by atoms with Gasteiger partial charge in [0.15, 0.2) is 0 Å². The average molecular weight is 331 g/mol. The smallest absolute Gasteiger partial charge is 0.227 e. The van der Waals surface area contributed by atoms with Crippen molar-refractivity contribution in [3.63, 3.8) is 0 Å². The van der Waals surface area contributed by atoms with E-state index in [1.165, 1.54) is 37.7 Å². The number of nitrogens with two attached hydrogens (primary N) is 1. The number of carbonyl (C=O) groups is 1. The van der Waals surface area contributed by atoms with E-state index in [4.69, 9.17) is 5.73 Å². The number of hydrogen-bond donors (Lipinski definition) is 2. The predicted octanol–water partition coefficient (Wildman–Crippen LogP) is 4.90. The third-order valence-electron chi connectivity index (χ3n) is 5.32. The molecule has 0 atom stereocenters. The highest BCUT2D eigenvalue weighted by atomic mass is 16.1. The number of benzene rings is 1. The number of aryl methyl sites for hydroxylation is 1. The van der Waals surface area contributed by atoms with Gasteiger partial charge in [0.25, 0.3) is 0 Å². The van der Waals surface area contributed by atoms with Gasteiger partial charge in [-0.2, -0.15) is 0 Å². The molecule has 1 aromatic rings. The number of rotatable bonds is 9. The van der Waals surface area contributed by atoms with Crippen LogP contribution in [-0.2, 0) is 11.2 Å². The summed E-state index contributed by atoms with van der Waals surface area (Å²) in [5.41, 5.74) is 7.77. The molecule has 0 aliphatic heterocycles. The SMILES string of the molecule is CCCCC1CCC(C(=O)Nc2ccc(CCCCN)cc2)CC1. The maximum atomic E-state index is 12.5. The molecule has 0 spiro atoms. The number of carbonyl (C=O) groups excluding carboxylic acids is 1. The van der Waals surface area contributed by atoms with Crippen LogP contribution in [-0.4, -0.2) is 12.5 Å². The molecule has 1 aromatic carbocycles. The summed E-state index contributed by atoms with van der Waals surface area (Å²) >= 11 is 0. The maximum Gasteiger partial charge on any atom is 0.227 e. The first-order valence-electron chi connectivity index (χ1n) is 9.82. The lowest BCUT2D eigenvalue weighted by Gasteiger charge is -2.27. The fraction of sp³-hybridized carbons (Fsp3) is 0.667. The van der Waals surface area contributed by atoms with E-state index in [-0.39, 0.29) is 11.8 Å². The van der Waals surface area contributed by atoms with Crippen LogP contribution >= 0.6 is 0 Å². The molecular formula is C21H34N2O. The van der Waals surface area contributed by atoms with Crippen molar-refractivity contribution >= 4 is 11.6 Å². The van der Waals surface area contributed by atoms with Gasteiger partial charge in [-0.1, -0.05) is 38.3 Å². The predicted molar refractivity (Wildman–Crippen MR) is 102 cm³/mol. The molecular weight excluding hydrogens is 296 g/mol. The third-order valence-corrected chi connectivity index (χ3v) is 5.32. The Bertz CT molecular complexity index is 475. The molecule has 3 nitrogen and oxygen atoms in total. The molecule has 1 fully saturated rings. The molecule has 24 heavy (non-hydrogen) atoms. The van der Waals surface area contributed by atoms with Gasteiger partial charge in [0.1, 0.15) is 0 Å². The van der Waals surface area contributed by atoms with Crippen LogP contribution in [0, 0.1) is 11.8 Å². The number of amides is 1. The van der Waals surface area contributed by atoms with Gasteiger partial charge in [-0.05, 0) is 75.1 Å². The minimum absolute atomic E-state index is 0.201. The van der Waals surface area contributed by atoms with E-state index >= 15 is 0 Å². The highest BCUT2D eigenvalue weighted by molar-refractivity contribution is 5.92. The van der Waals surface area contributed by atoms with Crippen molar-refractivity contribution in [3.8, 4) is 0 Å². The lowest BCUT2D eigenvalue weighted by Crippen LogP contribution is -2.27. The zero-order chi connectivity index (χ0) is 17.2. The van der Waals surface area contributed by atoms with Crippen LogP contribution in [0.1, 0.15) is 70.3 Å². The minimum atomic E-state index is 0.201. The van der Waals surface area contributed by atoms with Gasteiger partial charge < -0.3 is 11.1 Å². The molecule has 0 saturated heterocycles. The highest BCUT2D eigenvalue weighted by Crippen LogP contribution is 2.32. The molecule has 0 bridgehead atoms. The zero-order valence-electron chi connectivity index (χ0n) is 15.2. The Hall–Kier alpha value is -1.35. The van der Waals surface area contributed by atoms with Crippen LogP contribution in [0.4, 0.5) is 5.69 Å². The zero-order valence-corrected chi connectivity index (χ0v) is 15.2. The second-order valence-electron chi connectivity index (χ2n) is 7.29. The monoisotopic (exact) mass is 330 g/mol. The second-order valence-corrected chi connectivity index (χ2v) is 7.29. The molecule has 134 valence electrons. The van der Waals surface area contributed by atoms with E-state index in [0.29, 0.717) is 0 Å². The van der Waals surface area contributed by atoms with Crippen LogP contribution in [0.15, 0.2) is 24.3 Å².